The SMILES string of the molecule is COC1CCN(c2ccc(N3C[C@H](CNC(C)=O)OC3=O)cc2F)CC1. The van der Waals surface area contributed by atoms with Crippen LogP contribution in [0.3, 0.4) is 0 Å². The number of nitrogens with zero attached hydrogens (tertiary/aromatic N) is 2. The van der Waals surface area contributed by atoms with Gasteiger partial charge in [-0.05, 0) is 31.0 Å². The first-order chi connectivity index (χ1) is 12.5. The molecule has 3 rings (SSSR count). The van der Waals surface area contributed by atoms with E-state index in [1.165, 1.54) is 17.9 Å². The molecule has 0 unspecified atom stereocenters. The highest BCUT2D eigenvalue weighted by atomic mass is 19.1. The van der Waals surface area contributed by atoms with E-state index in [1.54, 1.807) is 19.2 Å². The summed E-state index contributed by atoms with van der Waals surface area (Å²) in [4.78, 5) is 26.4. The Kier molecular flexibility index (Phi) is 5.61. The first-order valence-corrected chi connectivity index (χ1v) is 8.78. The number of methoxy groups -OCH3 is 1. The molecule has 1 N–H and O–H groups in total. The fourth-order valence-electron chi connectivity index (χ4n) is 3.35. The maximum absolute atomic E-state index is 14.6. The summed E-state index contributed by atoms with van der Waals surface area (Å²) in [5.41, 5.74) is 0.985. The molecule has 8 heteroatoms. The molecule has 2 amide bonds. The van der Waals surface area contributed by atoms with Crippen LogP contribution in [0.2, 0.25) is 0 Å². The van der Waals surface area contributed by atoms with Gasteiger partial charge in [0.15, 0.2) is 0 Å². The van der Waals surface area contributed by atoms with Crippen molar-refractivity contribution in [3.63, 3.8) is 0 Å². The smallest absolute Gasteiger partial charge is 0.414 e. The van der Waals surface area contributed by atoms with Gasteiger partial charge in [-0.3, -0.25) is 9.69 Å². The van der Waals surface area contributed by atoms with E-state index in [0.717, 1.165) is 25.9 Å². The molecule has 26 heavy (non-hydrogen) atoms. The maximum atomic E-state index is 14.6. The van der Waals surface area contributed by atoms with E-state index in [4.69, 9.17) is 9.47 Å². The first-order valence-electron chi connectivity index (χ1n) is 8.78. The number of ether oxygens (including phenoxy) is 2. The van der Waals surface area contributed by atoms with Gasteiger partial charge < -0.3 is 19.7 Å². The number of carbonyl (C=O) groups excluding carboxylic acids is 2. The topological polar surface area (TPSA) is 71.1 Å². The third-order valence-corrected chi connectivity index (χ3v) is 4.81. The molecule has 142 valence electrons. The Labute approximate surface area is 152 Å². The molecular formula is C18H24FN3O4. The quantitative estimate of drug-likeness (QED) is 0.863. The van der Waals surface area contributed by atoms with E-state index < -0.39 is 12.2 Å². The van der Waals surface area contributed by atoms with Gasteiger partial charge in [0.05, 0.1) is 30.6 Å². The van der Waals surface area contributed by atoms with Gasteiger partial charge in [0.1, 0.15) is 11.9 Å². The lowest BCUT2D eigenvalue weighted by molar-refractivity contribution is -0.119. The van der Waals surface area contributed by atoms with Gasteiger partial charge in [-0.2, -0.15) is 0 Å². The zero-order valence-corrected chi connectivity index (χ0v) is 15.0. The van der Waals surface area contributed by atoms with Crippen LogP contribution in [0.4, 0.5) is 20.6 Å². The molecule has 0 aromatic heterocycles. The minimum atomic E-state index is -0.534. The molecule has 2 heterocycles. The van der Waals surface area contributed by atoms with Crippen LogP contribution in [0.1, 0.15) is 19.8 Å². The molecule has 0 radical (unpaired) electrons. The number of hydrogen-bond donors (Lipinski definition) is 1. The van der Waals surface area contributed by atoms with E-state index in [2.05, 4.69) is 5.32 Å². The van der Waals surface area contributed by atoms with Crippen molar-refractivity contribution in [1.29, 1.82) is 0 Å². The normalized spacial score (nSPS) is 21.0. The third-order valence-electron chi connectivity index (χ3n) is 4.81. The molecule has 1 aromatic carbocycles. The van der Waals surface area contributed by atoms with E-state index in [1.807, 2.05) is 4.90 Å². The number of hydrogen-bond acceptors (Lipinski definition) is 5. The number of anilines is 2. The summed E-state index contributed by atoms with van der Waals surface area (Å²) in [5.74, 6) is -0.552. The Balaban J connectivity index is 1.66. The number of piperidine rings is 1. The van der Waals surface area contributed by atoms with Gasteiger partial charge in [0.25, 0.3) is 0 Å². The fraction of sp³-hybridized carbons (Fsp3) is 0.556. The van der Waals surface area contributed by atoms with Gasteiger partial charge in [-0.15, -0.1) is 0 Å². The van der Waals surface area contributed by atoms with Crippen molar-refractivity contribution in [2.75, 3.05) is 43.1 Å². The lowest BCUT2D eigenvalue weighted by Gasteiger charge is -2.33. The van der Waals surface area contributed by atoms with Crippen LogP contribution >= 0.6 is 0 Å². The number of carbonyl (C=O) groups is 2. The number of amides is 2. The van der Waals surface area contributed by atoms with Crippen molar-refractivity contribution < 1.29 is 23.5 Å². The molecule has 0 spiro atoms. The van der Waals surface area contributed by atoms with Gasteiger partial charge in [-0.25, -0.2) is 9.18 Å². The first kappa shape index (κ1) is 18.4. The summed E-state index contributed by atoms with van der Waals surface area (Å²) in [6.45, 7) is 3.39. The fourth-order valence-corrected chi connectivity index (χ4v) is 3.35. The predicted molar refractivity (Wildman–Crippen MR) is 94.9 cm³/mol. The predicted octanol–water partition coefficient (Wildman–Crippen LogP) is 1.90. The Hall–Kier alpha value is -2.35. The highest BCUT2D eigenvalue weighted by Crippen LogP contribution is 2.29. The largest absolute Gasteiger partial charge is 0.442 e. The van der Waals surface area contributed by atoms with Crippen molar-refractivity contribution in [2.45, 2.75) is 32.0 Å². The highest BCUT2D eigenvalue weighted by Gasteiger charge is 2.33. The zero-order valence-electron chi connectivity index (χ0n) is 15.0. The maximum Gasteiger partial charge on any atom is 0.414 e. The van der Waals surface area contributed by atoms with Crippen LogP contribution in [0.25, 0.3) is 0 Å². The molecule has 2 saturated heterocycles. The van der Waals surface area contributed by atoms with E-state index >= 15 is 0 Å². The van der Waals surface area contributed by atoms with E-state index in [9.17, 15) is 14.0 Å². The van der Waals surface area contributed by atoms with Gasteiger partial charge >= 0.3 is 6.09 Å². The molecule has 2 fully saturated rings. The number of benzene rings is 1. The van der Waals surface area contributed by atoms with Crippen molar-refractivity contribution in [3.8, 4) is 0 Å². The van der Waals surface area contributed by atoms with Crippen molar-refractivity contribution >= 4 is 23.4 Å². The second kappa shape index (κ2) is 7.90. The van der Waals surface area contributed by atoms with Crippen LogP contribution in [-0.2, 0) is 14.3 Å². The second-order valence-corrected chi connectivity index (χ2v) is 6.61. The minimum absolute atomic E-state index is 0.188. The molecule has 0 bridgehead atoms. The summed E-state index contributed by atoms with van der Waals surface area (Å²) in [5, 5.41) is 2.62. The van der Waals surface area contributed by atoms with Crippen LogP contribution < -0.4 is 15.1 Å². The summed E-state index contributed by atoms with van der Waals surface area (Å²) in [7, 11) is 1.70. The third kappa shape index (κ3) is 4.07. The molecule has 7 nitrogen and oxygen atoms in total. The van der Waals surface area contributed by atoms with Gasteiger partial charge in [-0.1, -0.05) is 0 Å². The molecule has 2 aliphatic heterocycles. The number of halogens is 1. The average Bonchev–Trinajstić information content (AvgIpc) is 3.01. The molecule has 2 aliphatic rings. The van der Waals surface area contributed by atoms with Crippen LogP contribution in [0, 0.1) is 5.82 Å². The molecular weight excluding hydrogens is 341 g/mol. The summed E-state index contributed by atoms with van der Waals surface area (Å²) >= 11 is 0. The Morgan fingerprint density at radius 2 is 2.12 bits per heavy atom. The van der Waals surface area contributed by atoms with Crippen molar-refractivity contribution in [1.82, 2.24) is 5.32 Å². The number of cyclic esters (lactones) is 1. The standard InChI is InChI=1S/C18H24FN3O4/c1-12(23)20-10-15-11-22(18(24)26-15)13-3-4-17(16(19)9-13)21-7-5-14(25-2)6-8-21/h3-4,9,14-15H,5-8,10-11H2,1-2H3,(H,20,23)/t15-/m0/s1. The van der Waals surface area contributed by atoms with Crippen LogP contribution in [0.15, 0.2) is 18.2 Å². The molecule has 1 aromatic rings. The zero-order chi connectivity index (χ0) is 18.7. The molecule has 0 saturated carbocycles. The highest BCUT2D eigenvalue weighted by molar-refractivity contribution is 5.90. The van der Waals surface area contributed by atoms with Crippen molar-refractivity contribution in [3.05, 3.63) is 24.0 Å². The van der Waals surface area contributed by atoms with E-state index in [0.29, 0.717) is 11.4 Å². The average molecular weight is 365 g/mol. The van der Waals surface area contributed by atoms with Crippen molar-refractivity contribution in [2.24, 2.45) is 0 Å². The lowest BCUT2D eigenvalue weighted by Crippen LogP contribution is -2.37. The summed E-state index contributed by atoms with van der Waals surface area (Å²) in [6, 6.07) is 4.79. The Bertz CT molecular complexity index is 676. The monoisotopic (exact) mass is 365 g/mol. The summed E-state index contributed by atoms with van der Waals surface area (Å²) in [6.07, 6.45) is 0.978. The van der Waals surface area contributed by atoms with Crippen LogP contribution in [-0.4, -0.2) is 57.5 Å². The molecule has 0 aliphatic carbocycles. The number of nitrogens with one attached hydrogen (secondary N) is 1. The second-order valence-electron chi connectivity index (χ2n) is 6.61. The van der Waals surface area contributed by atoms with Gasteiger partial charge in [0.2, 0.25) is 5.91 Å². The van der Waals surface area contributed by atoms with Crippen LogP contribution in [0.5, 0.6) is 0 Å². The lowest BCUT2D eigenvalue weighted by atomic mass is 10.1. The Morgan fingerprint density at radius 3 is 2.73 bits per heavy atom. The molecule has 1 atom stereocenters. The minimum Gasteiger partial charge on any atom is -0.442 e. The Morgan fingerprint density at radius 1 is 1.38 bits per heavy atom. The van der Waals surface area contributed by atoms with E-state index in [-0.39, 0.29) is 30.9 Å². The van der Waals surface area contributed by atoms with Gasteiger partial charge in [0, 0.05) is 27.1 Å². The number of rotatable bonds is 5. The summed E-state index contributed by atoms with van der Waals surface area (Å²) < 4.78 is 25.2.